The van der Waals surface area contributed by atoms with Crippen molar-refractivity contribution in [3.8, 4) is 11.1 Å². The van der Waals surface area contributed by atoms with Crippen LogP contribution in [0.3, 0.4) is 0 Å². The third kappa shape index (κ3) is 3.49. The quantitative estimate of drug-likeness (QED) is 0.756. The van der Waals surface area contributed by atoms with Crippen molar-refractivity contribution in [2.75, 3.05) is 5.32 Å². The lowest BCUT2D eigenvalue weighted by Crippen LogP contribution is -2.12. The van der Waals surface area contributed by atoms with Gasteiger partial charge in [0, 0.05) is 23.6 Å². The van der Waals surface area contributed by atoms with E-state index in [1.807, 2.05) is 19.9 Å². The summed E-state index contributed by atoms with van der Waals surface area (Å²) < 4.78 is 12.9. The van der Waals surface area contributed by atoms with E-state index in [-0.39, 0.29) is 11.7 Å². The molecule has 1 heterocycles. The smallest absolute Gasteiger partial charge is 0.257 e. The fraction of sp³-hybridized carbons (Fsp3) is 0.100. The molecule has 0 aliphatic heterocycles. The maximum absolute atomic E-state index is 12.9. The average Bonchev–Trinajstić information content (AvgIpc) is 2.59. The lowest BCUT2D eigenvalue weighted by Gasteiger charge is -2.09. The summed E-state index contributed by atoms with van der Waals surface area (Å²) >= 11 is 0. The normalized spacial score (nSPS) is 10.5. The molecule has 0 saturated carbocycles. The number of hydrogen-bond donors (Lipinski definition) is 1. The van der Waals surface area contributed by atoms with Crippen LogP contribution < -0.4 is 5.32 Å². The first-order chi connectivity index (χ1) is 11.5. The number of halogens is 1. The van der Waals surface area contributed by atoms with Crippen molar-refractivity contribution in [1.29, 1.82) is 0 Å². The van der Waals surface area contributed by atoms with Gasteiger partial charge in [-0.2, -0.15) is 0 Å². The molecule has 1 amide bonds. The predicted octanol–water partition coefficient (Wildman–Crippen LogP) is 4.76. The van der Waals surface area contributed by atoms with E-state index in [0.717, 1.165) is 22.3 Å². The standard InChI is InChI=1S/C20H17FN2O/c1-13-3-4-14(2)19(9-13)15-10-16(12-22-11-15)20(24)23-18-7-5-17(21)6-8-18/h3-12H,1-2H3,(H,23,24). The Bertz CT molecular complexity index is 888. The lowest BCUT2D eigenvalue weighted by molar-refractivity contribution is 0.102. The number of pyridine rings is 1. The molecule has 24 heavy (non-hydrogen) atoms. The number of rotatable bonds is 3. The maximum Gasteiger partial charge on any atom is 0.257 e. The SMILES string of the molecule is Cc1ccc(C)c(-c2cncc(C(=O)Nc3ccc(F)cc3)c2)c1. The molecule has 0 radical (unpaired) electrons. The molecule has 2 aromatic carbocycles. The van der Waals surface area contributed by atoms with Gasteiger partial charge in [-0.3, -0.25) is 9.78 Å². The van der Waals surface area contributed by atoms with E-state index in [1.165, 1.54) is 30.5 Å². The van der Waals surface area contributed by atoms with Crippen molar-refractivity contribution >= 4 is 11.6 Å². The average molecular weight is 320 g/mol. The molecule has 3 nitrogen and oxygen atoms in total. The van der Waals surface area contributed by atoms with Crippen LogP contribution >= 0.6 is 0 Å². The molecule has 0 spiro atoms. The van der Waals surface area contributed by atoms with Crippen LogP contribution in [0.2, 0.25) is 0 Å². The van der Waals surface area contributed by atoms with Crippen LogP contribution in [0.5, 0.6) is 0 Å². The number of nitrogens with one attached hydrogen (secondary N) is 1. The second-order valence-corrected chi connectivity index (χ2v) is 5.74. The summed E-state index contributed by atoms with van der Waals surface area (Å²) in [5.74, 6) is -0.618. The molecule has 0 aliphatic rings. The van der Waals surface area contributed by atoms with Crippen LogP contribution in [0.4, 0.5) is 10.1 Å². The highest BCUT2D eigenvalue weighted by molar-refractivity contribution is 6.04. The predicted molar refractivity (Wildman–Crippen MR) is 93.5 cm³/mol. The Kier molecular flexibility index (Phi) is 4.38. The van der Waals surface area contributed by atoms with Crippen LogP contribution in [-0.4, -0.2) is 10.9 Å². The molecule has 3 aromatic rings. The van der Waals surface area contributed by atoms with Gasteiger partial charge in [-0.15, -0.1) is 0 Å². The highest BCUT2D eigenvalue weighted by Crippen LogP contribution is 2.25. The molecule has 0 saturated heterocycles. The van der Waals surface area contributed by atoms with Gasteiger partial charge in [0.05, 0.1) is 5.56 Å². The van der Waals surface area contributed by atoms with Crippen molar-refractivity contribution in [3.05, 3.63) is 83.4 Å². The summed E-state index contributed by atoms with van der Waals surface area (Å²) in [6.07, 6.45) is 3.27. The third-order valence-electron chi connectivity index (χ3n) is 3.81. The monoisotopic (exact) mass is 320 g/mol. The number of carbonyl (C=O) groups is 1. The molecule has 4 heteroatoms. The van der Waals surface area contributed by atoms with Crippen molar-refractivity contribution in [3.63, 3.8) is 0 Å². The Morgan fingerprint density at radius 3 is 2.50 bits per heavy atom. The van der Waals surface area contributed by atoms with Gasteiger partial charge in [-0.05, 0) is 55.3 Å². The molecule has 0 fully saturated rings. The van der Waals surface area contributed by atoms with Crippen molar-refractivity contribution in [2.24, 2.45) is 0 Å². The van der Waals surface area contributed by atoms with E-state index in [0.29, 0.717) is 11.3 Å². The van der Waals surface area contributed by atoms with Gasteiger partial charge in [0.2, 0.25) is 0 Å². The van der Waals surface area contributed by atoms with E-state index in [2.05, 4.69) is 28.5 Å². The van der Waals surface area contributed by atoms with Crippen molar-refractivity contribution in [1.82, 2.24) is 4.98 Å². The van der Waals surface area contributed by atoms with E-state index in [4.69, 9.17) is 0 Å². The number of anilines is 1. The summed E-state index contributed by atoms with van der Waals surface area (Å²) in [4.78, 5) is 16.6. The first-order valence-corrected chi connectivity index (χ1v) is 7.62. The van der Waals surface area contributed by atoms with Crippen LogP contribution in [0, 0.1) is 19.7 Å². The van der Waals surface area contributed by atoms with Gasteiger partial charge >= 0.3 is 0 Å². The summed E-state index contributed by atoms with van der Waals surface area (Å²) in [6, 6.07) is 13.7. The first kappa shape index (κ1) is 15.9. The highest BCUT2D eigenvalue weighted by atomic mass is 19.1. The number of nitrogens with zero attached hydrogens (tertiary/aromatic N) is 1. The largest absolute Gasteiger partial charge is 0.322 e. The summed E-state index contributed by atoms with van der Waals surface area (Å²) in [5.41, 5.74) is 5.22. The van der Waals surface area contributed by atoms with Gasteiger partial charge in [0.1, 0.15) is 5.82 Å². The molecule has 0 bridgehead atoms. The van der Waals surface area contributed by atoms with E-state index >= 15 is 0 Å². The zero-order valence-electron chi connectivity index (χ0n) is 13.5. The Morgan fingerprint density at radius 2 is 1.75 bits per heavy atom. The first-order valence-electron chi connectivity index (χ1n) is 7.62. The fourth-order valence-corrected chi connectivity index (χ4v) is 2.49. The minimum Gasteiger partial charge on any atom is -0.322 e. The van der Waals surface area contributed by atoms with Gasteiger partial charge in [-0.25, -0.2) is 4.39 Å². The highest BCUT2D eigenvalue weighted by Gasteiger charge is 2.10. The van der Waals surface area contributed by atoms with Crippen LogP contribution in [0.15, 0.2) is 60.9 Å². The summed E-state index contributed by atoms with van der Waals surface area (Å²) in [5, 5.41) is 2.74. The molecule has 0 unspecified atom stereocenters. The molecular weight excluding hydrogens is 303 g/mol. The molecule has 0 atom stereocenters. The molecule has 3 rings (SSSR count). The number of amides is 1. The second kappa shape index (κ2) is 6.62. The number of benzene rings is 2. The topological polar surface area (TPSA) is 42.0 Å². The zero-order chi connectivity index (χ0) is 17.1. The second-order valence-electron chi connectivity index (χ2n) is 5.74. The molecule has 1 aromatic heterocycles. The van der Waals surface area contributed by atoms with Crippen LogP contribution in [-0.2, 0) is 0 Å². The van der Waals surface area contributed by atoms with Crippen molar-refractivity contribution in [2.45, 2.75) is 13.8 Å². The maximum atomic E-state index is 12.9. The van der Waals surface area contributed by atoms with Crippen LogP contribution in [0.25, 0.3) is 11.1 Å². The number of aryl methyl sites for hydroxylation is 2. The minimum atomic E-state index is -0.341. The minimum absolute atomic E-state index is 0.277. The molecule has 0 aliphatic carbocycles. The summed E-state index contributed by atoms with van der Waals surface area (Å²) in [6.45, 7) is 4.06. The fourth-order valence-electron chi connectivity index (χ4n) is 2.49. The van der Waals surface area contributed by atoms with Gasteiger partial charge in [0.25, 0.3) is 5.91 Å². The summed E-state index contributed by atoms with van der Waals surface area (Å²) in [7, 11) is 0. The van der Waals surface area contributed by atoms with Crippen LogP contribution in [0.1, 0.15) is 21.5 Å². The number of hydrogen-bond acceptors (Lipinski definition) is 2. The Hall–Kier alpha value is -3.01. The Morgan fingerprint density at radius 1 is 1.00 bits per heavy atom. The van der Waals surface area contributed by atoms with Gasteiger partial charge < -0.3 is 5.32 Å². The number of aromatic nitrogens is 1. The molecular formula is C20H17FN2O. The van der Waals surface area contributed by atoms with E-state index in [9.17, 15) is 9.18 Å². The van der Waals surface area contributed by atoms with Crippen molar-refractivity contribution < 1.29 is 9.18 Å². The lowest BCUT2D eigenvalue weighted by atomic mass is 9.99. The van der Waals surface area contributed by atoms with Gasteiger partial charge in [0.15, 0.2) is 0 Å². The molecule has 1 N–H and O–H groups in total. The zero-order valence-corrected chi connectivity index (χ0v) is 13.5. The Labute approximate surface area is 140 Å². The van der Waals surface area contributed by atoms with Gasteiger partial charge in [-0.1, -0.05) is 23.8 Å². The molecule has 120 valence electrons. The number of carbonyl (C=O) groups excluding carboxylic acids is 1. The van der Waals surface area contributed by atoms with E-state index < -0.39 is 0 Å². The van der Waals surface area contributed by atoms with E-state index in [1.54, 1.807) is 6.20 Å². The third-order valence-corrected chi connectivity index (χ3v) is 3.81. The Balaban J connectivity index is 1.88.